The van der Waals surface area contributed by atoms with Crippen LogP contribution in [0.4, 0.5) is 0 Å². The second-order valence-electron chi connectivity index (χ2n) is 6.63. The number of aryl methyl sites for hydroxylation is 1. The third kappa shape index (κ3) is 6.93. The molecule has 0 unspecified atom stereocenters. The summed E-state index contributed by atoms with van der Waals surface area (Å²) in [4.78, 5) is 16.7. The van der Waals surface area contributed by atoms with Crippen molar-refractivity contribution in [3.8, 4) is 5.75 Å². The molecule has 3 rings (SSSR count). The number of aliphatic imine (C=N–C) groups is 1. The number of hydrogen-bond acceptors (Lipinski definition) is 6. The van der Waals surface area contributed by atoms with Crippen molar-refractivity contribution in [3.63, 3.8) is 0 Å². The van der Waals surface area contributed by atoms with Crippen LogP contribution in [0, 0.1) is 6.92 Å². The maximum absolute atomic E-state index is 12.2. The summed E-state index contributed by atoms with van der Waals surface area (Å²) in [5, 5.41) is 10.3. The molecule has 0 atom stereocenters. The summed E-state index contributed by atoms with van der Waals surface area (Å²) in [6, 6.07) is 15.1. The Bertz CT molecular complexity index is 943. The third-order valence-corrected chi connectivity index (χ3v) is 5.19. The van der Waals surface area contributed by atoms with Crippen molar-refractivity contribution < 1.29 is 9.53 Å². The van der Waals surface area contributed by atoms with Gasteiger partial charge >= 0.3 is 0 Å². The normalized spacial score (nSPS) is 13.3. The first-order valence-corrected chi connectivity index (χ1v) is 10.8. The summed E-state index contributed by atoms with van der Waals surface area (Å²) in [6.45, 7) is 7.24. The molecule has 0 fully saturated rings. The molecular weight excluding hydrogens is 420 g/mol. The lowest BCUT2D eigenvalue weighted by molar-refractivity contribution is -0.118. The molecule has 1 amide bonds. The highest BCUT2D eigenvalue weighted by Crippen LogP contribution is 2.18. The third-order valence-electron chi connectivity index (χ3n) is 4.10. The topological polar surface area (TPSA) is 66.3 Å². The van der Waals surface area contributed by atoms with Gasteiger partial charge in [0.15, 0.2) is 0 Å². The van der Waals surface area contributed by atoms with E-state index in [1.807, 2.05) is 31.2 Å². The van der Waals surface area contributed by atoms with Crippen LogP contribution in [0.2, 0.25) is 5.02 Å². The smallest absolute Gasteiger partial charge is 0.230 e. The predicted octanol–water partition coefficient (Wildman–Crippen LogP) is 4.25. The average molecular weight is 443 g/mol. The average Bonchev–Trinajstić information content (AvgIpc) is 2.74. The Morgan fingerprint density at radius 1 is 1.27 bits per heavy atom. The standard InChI is InChI=1S/C22H23ClN4O2S/c1-3-12-27-14-21(29-19-10-8-18(23)9-11-19)25-22(26-27)30-15-20(28)24-13-17-6-4-16(2)5-7-17/h3-11H,1,12-15H2,2H3,(H,24,28). The molecule has 0 aliphatic carbocycles. The van der Waals surface area contributed by atoms with Gasteiger partial charge in [0.25, 0.3) is 0 Å². The molecule has 0 bridgehead atoms. The lowest BCUT2D eigenvalue weighted by Crippen LogP contribution is -2.34. The van der Waals surface area contributed by atoms with Gasteiger partial charge in [-0.2, -0.15) is 4.99 Å². The number of thioether (sulfide) groups is 1. The molecule has 2 aromatic rings. The van der Waals surface area contributed by atoms with E-state index < -0.39 is 0 Å². The first-order valence-electron chi connectivity index (χ1n) is 9.42. The molecule has 1 aliphatic heterocycles. The second-order valence-corrected chi connectivity index (χ2v) is 8.01. The molecule has 0 saturated carbocycles. The van der Waals surface area contributed by atoms with Gasteiger partial charge in [-0.15, -0.1) is 11.7 Å². The molecule has 30 heavy (non-hydrogen) atoms. The van der Waals surface area contributed by atoms with Gasteiger partial charge in [-0.05, 0) is 36.8 Å². The Morgan fingerprint density at radius 3 is 2.70 bits per heavy atom. The first-order chi connectivity index (χ1) is 14.5. The van der Waals surface area contributed by atoms with Crippen LogP contribution in [-0.2, 0) is 11.3 Å². The van der Waals surface area contributed by atoms with Gasteiger partial charge in [-0.3, -0.25) is 9.80 Å². The van der Waals surface area contributed by atoms with Crippen molar-refractivity contribution in [3.05, 3.63) is 77.3 Å². The van der Waals surface area contributed by atoms with Crippen LogP contribution < -0.4 is 10.1 Å². The molecule has 1 aliphatic rings. The number of nitrogens with one attached hydrogen (secondary N) is 1. The molecule has 0 spiro atoms. The Hall–Kier alpha value is -2.77. The summed E-state index contributed by atoms with van der Waals surface area (Å²) in [6.07, 6.45) is 1.76. The second kappa shape index (κ2) is 10.8. The highest BCUT2D eigenvalue weighted by atomic mass is 35.5. The summed E-state index contributed by atoms with van der Waals surface area (Å²) >= 11 is 7.18. The number of carbonyl (C=O) groups is 1. The number of hydrogen-bond donors (Lipinski definition) is 1. The van der Waals surface area contributed by atoms with Crippen LogP contribution in [0.3, 0.4) is 0 Å². The zero-order valence-electron chi connectivity index (χ0n) is 16.7. The van der Waals surface area contributed by atoms with Crippen LogP contribution >= 0.6 is 23.4 Å². The molecule has 1 heterocycles. The van der Waals surface area contributed by atoms with Gasteiger partial charge in [0.2, 0.25) is 17.0 Å². The fourth-order valence-electron chi connectivity index (χ4n) is 2.57. The number of halogens is 1. The highest BCUT2D eigenvalue weighted by Gasteiger charge is 2.18. The van der Waals surface area contributed by atoms with E-state index in [9.17, 15) is 4.79 Å². The van der Waals surface area contributed by atoms with Crippen molar-refractivity contribution in [2.75, 3.05) is 18.8 Å². The lowest BCUT2D eigenvalue weighted by atomic mass is 10.1. The SMILES string of the molecule is C=CCN1CC(Oc2ccc(Cl)cc2)=NC(SCC(=O)NCc2ccc(C)cc2)=N1. The van der Waals surface area contributed by atoms with Crippen molar-refractivity contribution in [1.29, 1.82) is 0 Å². The minimum atomic E-state index is -0.0838. The summed E-state index contributed by atoms with van der Waals surface area (Å²) in [7, 11) is 0. The number of ether oxygens (including phenoxy) is 1. The Morgan fingerprint density at radius 2 is 2.00 bits per heavy atom. The first kappa shape index (κ1) is 21.9. The minimum Gasteiger partial charge on any atom is -0.441 e. The maximum atomic E-state index is 12.2. The van der Waals surface area contributed by atoms with Gasteiger partial charge in [0.05, 0.1) is 12.3 Å². The monoisotopic (exact) mass is 442 g/mol. The largest absolute Gasteiger partial charge is 0.441 e. The van der Waals surface area contributed by atoms with Crippen LogP contribution in [0.25, 0.3) is 0 Å². The van der Waals surface area contributed by atoms with Gasteiger partial charge in [-0.1, -0.05) is 59.3 Å². The lowest BCUT2D eigenvalue weighted by Gasteiger charge is -2.23. The van der Waals surface area contributed by atoms with E-state index in [0.717, 1.165) is 5.56 Å². The molecule has 8 heteroatoms. The Kier molecular flexibility index (Phi) is 7.93. The molecular formula is C22H23ClN4O2S. The number of hydrazone groups is 1. The molecule has 0 radical (unpaired) electrons. The number of benzene rings is 2. The zero-order valence-corrected chi connectivity index (χ0v) is 18.2. The molecule has 1 N–H and O–H groups in total. The van der Waals surface area contributed by atoms with E-state index in [2.05, 4.69) is 22.0 Å². The number of nitrogens with zero attached hydrogens (tertiary/aromatic N) is 3. The summed E-state index contributed by atoms with van der Waals surface area (Å²) in [5.74, 6) is 1.26. The molecule has 0 saturated heterocycles. The van der Waals surface area contributed by atoms with E-state index in [4.69, 9.17) is 16.3 Å². The van der Waals surface area contributed by atoms with E-state index in [1.54, 1.807) is 35.4 Å². The fraction of sp³-hybridized carbons (Fsp3) is 0.227. The number of carbonyl (C=O) groups excluding carboxylic acids is 1. The Labute approximate surface area is 185 Å². The van der Waals surface area contributed by atoms with Gasteiger partial charge < -0.3 is 10.1 Å². The molecule has 0 aromatic heterocycles. The van der Waals surface area contributed by atoms with Crippen LogP contribution in [0.1, 0.15) is 11.1 Å². The predicted molar refractivity (Wildman–Crippen MR) is 124 cm³/mol. The minimum absolute atomic E-state index is 0.0838. The zero-order chi connectivity index (χ0) is 21.3. The molecule has 2 aromatic carbocycles. The number of rotatable bonds is 7. The van der Waals surface area contributed by atoms with Crippen molar-refractivity contribution in [2.45, 2.75) is 13.5 Å². The van der Waals surface area contributed by atoms with Crippen LogP contribution in [-0.4, -0.2) is 40.8 Å². The van der Waals surface area contributed by atoms with Gasteiger partial charge in [-0.25, -0.2) is 0 Å². The van der Waals surface area contributed by atoms with Gasteiger partial charge in [0.1, 0.15) is 12.3 Å². The van der Waals surface area contributed by atoms with Crippen molar-refractivity contribution >= 4 is 40.3 Å². The Balaban J connectivity index is 1.56. The number of amides is 1. The van der Waals surface area contributed by atoms with Crippen molar-refractivity contribution in [1.82, 2.24) is 10.3 Å². The van der Waals surface area contributed by atoms with Crippen LogP contribution in [0.5, 0.6) is 5.75 Å². The van der Waals surface area contributed by atoms with Crippen molar-refractivity contribution in [2.24, 2.45) is 10.1 Å². The number of amidine groups is 1. The molecule has 6 nitrogen and oxygen atoms in total. The highest BCUT2D eigenvalue weighted by molar-refractivity contribution is 8.14. The quantitative estimate of drug-likeness (QED) is 0.651. The van der Waals surface area contributed by atoms with E-state index >= 15 is 0 Å². The van der Waals surface area contributed by atoms with Gasteiger partial charge in [0, 0.05) is 11.6 Å². The van der Waals surface area contributed by atoms with E-state index in [-0.39, 0.29) is 11.7 Å². The van der Waals surface area contributed by atoms with E-state index in [1.165, 1.54) is 17.3 Å². The maximum Gasteiger partial charge on any atom is 0.230 e. The fourth-order valence-corrected chi connectivity index (χ4v) is 3.40. The summed E-state index contributed by atoms with van der Waals surface area (Å²) in [5.41, 5.74) is 2.25. The molecule has 156 valence electrons. The van der Waals surface area contributed by atoms with E-state index in [0.29, 0.717) is 41.5 Å². The van der Waals surface area contributed by atoms with Crippen LogP contribution in [0.15, 0.2) is 71.3 Å². The summed E-state index contributed by atoms with van der Waals surface area (Å²) < 4.78 is 5.86.